The topological polar surface area (TPSA) is 64.6 Å². The summed E-state index contributed by atoms with van der Waals surface area (Å²) in [5.41, 5.74) is 0. The predicted molar refractivity (Wildman–Crippen MR) is 81.1 cm³/mol. The van der Waals surface area contributed by atoms with E-state index in [1.165, 1.54) is 14.2 Å². The Labute approximate surface area is 128 Å². The maximum absolute atomic E-state index is 10.8. The lowest BCUT2D eigenvalue weighted by molar-refractivity contribution is -0.141. The molecule has 0 amide bonds. The van der Waals surface area contributed by atoms with Crippen molar-refractivity contribution in [1.82, 2.24) is 5.32 Å². The van der Waals surface area contributed by atoms with Crippen LogP contribution in [0.4, 0.5) is 0 Å². The van der Waals surface area contributed by atoms with E-state index >= 15 is 0 Å². The summed E-state index contributed by atoms with van der Waals surface area (Å²) >= 11 is 0. The van der Waals surface area contributed by atoms with E-state index in [1.807, 2.05) is 0 Å². The summed E-state index contributed by atoms with van der Waals surface area (Å²) in [6, 6.07) is 0. The van der Waals surface area contributed by atoms with Gasteiger partial charge in [0.1, 0.15) is 0 Å². The van der Waals surface area contributed by atoms with Gasteiger partial charge in [-0.3, -0.25) is 9.59 Å². The fourth-order valence-corrected chi connectivity index (χ4v) is 1.72. The molecule has 0 aromatic rings. The number of unbranched alkanes of at least 4 members (excludes halogenated alkanes) is 4. The molecule has 1 N–H and O–H groups in total. The Morgan fingerprint density at radius 3 is 1.50 bits per heavy atom. The van der Waals surface area contributed by atoms with E-state index in [2.05, 4.69) is 14.8 Å². The van der Waals surface area contributed by atoms with Gasteiger partial charge < -0.3 is 14.8 Å². The SMILES string of the molecule is COC(=O)CCCCCNCCCCCC(=O)OC.Cl. The molecular weight excluding hydrogens is 282 g/mol. The van der Waals surface area contributed by atoms with Crippen LogP contribution in [0.15, 0.2) is 0 Å². The third-order valence-corrected chi connectivity index (χ3v) is 2.92. The fraction of sp³-hybridized carbons (Fsp3) is 0.857. The molecule has 0 heterocycles. The number of nitrogens with one attached hydrogen (secondary N) is 1. The number of carbonyl (C=O) groups excluding carboxylic acids is 2. The van der Waals surface area contributed by atoms with Gasteiger partial charge in [-0.1, -0.05) is 12.8 Å². The minimum absolute atomic E-state index is 0. The molecule has 0 aliphatic heterocycles. The Bertz CT molecular complexity index is 225. The van der Waals surface area contributed by atoms with Gasteiger partial charge in [-0.2, -0.15) is 0 Å². The van der Waals surface area contributed by atoms with Crippen molar-refractivity contribution in [2.45, 2.75) is 51.4 Å². The van der Waals surface area contributed by atoms with E-state index in [9.17, 15) is 9.59 Å². The molecule has 0 spiro atoms. The standard InChI is InChI=1S/C14H27NO4.ClH/c1-18-13(16)9-5-3-7-11-15-12-8-4-6-10-14(17)19-2;/h15H,3-12H2,1-2H3;1H. The van der Waals surface area contributed by atoms with Crippen molar-refractivity contribution in [2.75, 3.05) is 27.3 Å². The van der Waals surface area contributed by atoms with Gasteiger partial charge >= 0.3 is 11.9 Å². The number of carbonyl (C=O) groups is 2. The molecule has 0 atom stereocenters. The van der Waals surface area contributed by atoms with E-state index in [1.54, 1.807) is 0 Å². The summed E-state index contributed by atoms with van der Waals surface area (Å²) in [7, 11) is 2.84. The summed E-state index contributed by atoms with van der Waals surface area (Å²) in [6.07, 6.45) is 7.09. The molecule has 0 saturated carbocycles. The van der Waals surface area contributed by atoms with Gasteiger partial charge in [0.05, 0.1) is 14.2 Å². The van der Waals surface area contributed by atoms with Gasteiger partial charge in [-0.05, 0) is 38.8 Å². The Hall–Kier alpha value is -0.810. The second kappa shape index (κ2) is 16.2. The second-order valence-corrected chi connectivity index (χ2v) is 4.52. The zero-order valence-electron chi connectivity index (χ0n) is 12.6. The first kappa shape index (κ1) is 21.5. The predicted octanol–water partition coefficient (Wildman–Crippen LogP) is 2.46. The van der Waals surface area contributed by atoms with Crippen LogP contribution in [0.3, 0.4) is 0 Å². The summed E-state index contributed by atoms with van der Waals surface area (Å²) in [4.78, 5) is 21.7. The first-order valence-corrected chi connectivity index (χ1v) is 7.05. The van der Waals surface area contributed by atoms with Gasteiger partial charge in [-0.25, -0.2) is 0 Å². The molecule has 0 fully saturated rings. The van der Waals surface area contributed by atoms with Crippen LogP contribution < -0.4 is 5.32 Å². The van der Waals surface area contributed by atoms with Crippen LogP contribution in [0.2, 0.25) is 0 Å². The Balaban J connectivity index is 0. The average Bonchev–Trinajstić information content (AvgIpc) is 2.43. The van der Waals surface area contributed by atoms with E-state index in [-0.39, 0.29) is 24.3 Å². The molecule has 20 heavy (non-hydrogen) atoms. The lowest BCUT2D eigenvalue weighted by atomic mass is 10.2. The highest BCUT2D eigenvalue weighted by molar-refractivity contribution is 5.85. The van der Waals surface area contributed by atoms with E-state index < -0.39 is 0 Å². The maximum atomic E-state index is 10.8. The molecular formula is C14H28ClNO4. The van der Waals surface area contributed by atoms with Crippen LogP contribution in [-0.2, 0) is 19.1 Å². The molecule has 0 bridgehead atoms. The van der Waals surface area contributed by atoms with Crippen LogP contribution in [0.5, 0.6) is 0 Å². The average molecular weight is 310 g/mol. The number of esters is 2. The fourth-order valence-electron chi connectivity index (χ4n) is 1.72. The normalized spacial score (nSPS) is 9.70. The molecule has 0 saturated heterocycles. The smallest absolute Gasteiger partial charge is 0.305 e. The molecule has 5 nitrogen and oxygen atoms in total. The third kappa shape index (κ3) is 15.2. The molecule has 0 aliphatic rings. The van der Waals surface area contributed by atoms with Crippen molar-refractivity contribution in [3.8, 4) is 0 Å². The number of methoxy groups -OCH3 is 2. The van der Waals surface area contributed by atoms with Gasteiger partial charge in [0, 0.05) is 12.8 Å². The monoisotopic (exact) mass is 309 g/mol. The zero-order chi connectivity index (χ0) is 14.3. The second-order valence-electron chi connectivity index (χ2n) is 4.52. The lowest BCUT2D eigenvalue weighted by Crippen LogP contribution is -2.16. The minimum Gasteiger partial charge on any atom is -0.469 e. The summed E-state index contributed by atoms with van der Waals surface area (Å²) in [6.45, 7) is 1.97. The van der Waals surface area contributed by atoms with Gasteiger partial charge in [0.2, 0.25) is 0 Å². The van der Waals surface area contributed by atoms with Crippen molar-refractivity contribution in [1.29, 1.82) is 0 Å². The highest BCUT2D eigenvalue weighted by atomic mass is 35.5. The quantitative estimate of drug-likeness (QED) is 0.443. The number of hydrogen-bond acceptors (Lipinski definition) is 5. The first-order chi connectivity index (χ1) is 9.20. The Morgan fingerprint density at radius 1 is 0.750 bits per heavy atom. The minimum atomic E-state index is -0.126. The van der Waals surface area contributed by atoms with Crippen molar-refractivity contribution >= 4 is 24.3 Å². The number of ether oxygens (including phenoxy) is 2. The Kier molecular flexibility index (Phi) is 17.5. The van der Waals surface area contributed by atoms with Gasteiger partial charge in [-0.15, -0.1) is 12.4 Å². The Morgan fingerprint density at radius 2 is 1.15 bits per heavy atom. The largest absolute Gasteiger partial charge is 0.469 e. The third-order valence-electron chi connectivity index (χ3n) is 2.92. The molecule has 0 aromatic carbocycles. The van der Waals surface area contributed by atoms with Crippen molar-refractivity contribution in [2.24, 2.45) is 0 Å². The molecule has 120 valence electrons. The van der Waals surface area contributed by atoms with Crippen molar-refractivity contribution in [3.63, 3.8) is 0 Å². The lowest BCUT2D eigenvalue weighted by Gasteiger charge is -2.04. The van der Waals surface area contributed by atoms with Crippen LogP contribution in [0.1, 0.15) is 51.4 Å². The van der Waals surface area contributed by atoms with Crippen LogP contribution >= 0.6 is 12.4 Å². The van der Waals surface area contributed by atoms with Gasteiger partial charge in [0.25, 0.3) is 0 Å². The van der Waals surface area contributed by atoms with Crippen LogP contribution in [-0.4, -0.2) is 39.2 Å². The van der Waals surface area contributed by atoms with Crippen LogP contribution in [0.25, 0.3) is 0 Å². The molecule has 0 radical (unpaired) electrons. The zero-order valence-corrected chi connectivity index (χ0v) is 13.4. The summed E-state index contributed by atoms with van der Waals surface area (Å²) in [5, 5.41) is 3.36. The van der Waals surface area contributed by atoms with Crippen molar-refractivity contribution in [3.05, 3.63) is 0 Å². The van der Waals surface area contributed by atoms with E-state index in [0.29, 0.717) is 12.8 Å². The number of halogens is 1. The highest BCUT2D eigenvalue weighted by Gasteiger charge is 2.00. The first-order valence-electron chi connectivity index (χ1n) is 7.05. The number of rotatable bonds is 12. The molecule has 0 aromatic heterocycles. The highest BCUT2D eigenvalue weighted by Crippen LogP contribution is 2.01. The maximum Gasteiger partial charge on any atom is 0.305 e. The summed E-state index contributed by atoms with van der Waals surface area (Å²) in [5.74, 6) is -0.253. The molecule has 0 rings (SSSR count). The van der Waals surface area contributed by atoms with Crippen molar-refractivity contribution < 1.29 is 19.1 Å². The molecule has 0 aliphatic carbocycles. The van der Waals surface area contributed by atoms with E-state index in [4.69, 9.17) is 0 Å². The number of hydrogen-bond donors (Lipinski definition) is 1. The van der Waals surface area contributed by atoms with Gasteiger partial charge in [0.15, 0.2) is 0 Å². The summed E-state index contributed by atoms with van der Waals surface area (Å²) < 4.78 is 9.14. The molecule has 6 heteroatoms. The molecule has 0 unspecified atom stereocenters. The van der Waals surface area contributed by atoms with E-state index in [0.717, 1.165) is 51.6 Å². The van der Waals surface area contributed by atoms with Crippen LogP contribution in [0, 0.1) is 0 Å².